The molecule has 6 nitrogen and oxygen atoms in total. The quantitative estimate of drug-likeness (QED) is 0.869. The Kier molecular flexibility index (Phi) is 4.42. The number of amides is 1. The second-order valence-corrected chi connectivity index (χ2v) is 5.40. The molecule has 2 N–H and O–H groups in total. The van der Waals surface area contributed by atoms with Crippen LogP contribution in [0.4, 0.5) is 5.69 Å². The first-order chi connectivity index (χ1) is 9.15. The third-order valence-corrected chi connectivity index (χ3v) is 4.03. The van der Waals surface area contributed by atoms with E-state index in [-0.39, 0.29) is 24.4 Å². The van der Waals surface area contributed by atoms with Crippen LogP contribution in [0.3, 0.4) is 0 Å². The number of thioether (sulfide) groups is 1. The fourth-order valence-electron chi connectivity index (χ4n) is 2.00. The molecule has 0 saturated carbocycles. The van der Waals surface area contributed by atoms with Crippen molar-refractivity contribution in [2.75, 3.05) is 16.9 Å². The summed E-state index contributed by atoms with van der Waals surface area (Å²) in [6.07, 6.45) is 0. The fourth-order valence-corrected chi connectivity index (χ4v) is 2.95. The molecule has 1 aliphatic rings. The summed E-state index contributed by atoms with van der Waals surface area (Å²) < 4.78 is 6.51. The lowest BCUT2D eigenvalue weighted by Gasteiger charge is -2.10. The molecule has 0 bridgehead atoms. The van der Waals surface area contributed by atoms with Gasteiger partial charge in [-0.05, 0) is 12.1 Å². The number of fused-ring (bicyclic) bond motifs is 1. The van der Waals surface area contributed by atoms with Crippen LogP contribution >= 0.6 is 24.2 Å². The van der Waals surface area contributed by atoms with Crippen LogP contribution in [0, 0.1) is 0 Å². The summed E-state index contributed by atoms with van der Waals surface area (Å²) >= 11 is 1.69. The summed E-state index contributed by atoms with van der Waals surface area (Å²) in [6, 6.07) is 5.02. The second-order valence-electron chi connectivity index (χ2n) is 4.37. The number of anilines is 1. The highest BCUT2D eigenvalue weighted by molar-refractivity contribution is 7.99. The molecule has 1 atom stereocenters. The Morgan fingerprint density at radius 2 is 2.35 bits per heavy atom. The number of hydrogen-bond donors (Lipinski definition) is 2. The molecule has 1 saturated heterocycles. The Balaban J connectivity index is 0.00000147. The number of nitrogens with zero attached hydrogens (tertiary/aromatic N) is 1. The van der Waals surface area contributed by atoms with Crippen LogP contribution in [-0.4, -0.2) is 28.1 Å². The number of carbonyl (C=O) groups is 1. The molecule has 1 aliphatic heterocycles. The van der Waals surface area contributed by atoms with Crippen LogP contribution in [0.1, 0.15) is 0 Å². The van der Waals surface area contributed by atoms with E-state index in [0.717, 1.165) is 11.6 Å². The molecule has 0 radical (unpaired) electrons. The normalized spacial score (nSPS) is 17.9. The second kappa shape index (κ2) is 5.90. The molecular formula is C12H14ClN3O3S. The highest BCUT2D eigenvalue weighted by Crippen LogP contribution is 2.19. The number of hydrogen-bond acceptors (Lipinski definition) is 5. The van der Waals surface area contributed by atoms with Gasteiger partial charge in [0.1, 0.15) is 0 Å². The van der Waals surface area contributed by atoms with E-state index < -0.39 is 5.76 Å². The summed E-state index contributed by atoms with van der Waals surface area (Å²) in [5.74, 6) is 1.09. The Labute approximate surface area is 125 Å². The molecule has 2 heterocycles. The first-order valence-electron chi connectivity index (χ1n) is 5.87. The fraction of sp³-hybridized carbons (Fsp3) is 0.333. The molecule has 0 spiro atoms. The van der Waals surface area contributed by atoms with E-state index in [1.54, 1.807) is 37.0 Å². The maximum atomic E-state index is 11.9. The Morgan fingerprint density at radius 1 is 1.55 bits per heavy atom. The van der Waals surface area contributed by atoms with Gasteiger partial charge in [-0.25, -0.2) is 4.79 Å². The topological polar surface area (TPSA) is 76.3 Å². The van der Waals surface area contributed by atoms with Crippen molar-refractivity contribution in [1.29, 1.82) is 0 Å². The smallest absolute Gasteiger partial charge is 0.408 e. The molecule has 8 heteroatoms. The molecule has 20 heavy (non-hydrogen) atoms. The van der Waals surface area contributed by atoms with Crippen LogP contribution in [-0.2, 0) is 11.8 Å². The third-order valence-electron chi connectivity index (χ3n) is 3.09. The van der Waals surface area contributed by atoms with Gasteiger partial charge in [0.2, 0.25) is 5.91 Å². The van der Waals surface area contributed by atoms with Crippen molar-refractivity contribution in [1.82, 2.24) is 9.88 Å². The van der Waals surface area contributed by atoms with Crippen molar-refractivity contribution >= 4 is 46.9 Å². The predicted molar refractivity (Wildman–Crippen MR) is 81.6 cm³/mol. The molecule has 1 aromatic carbocycles. The maximum Gasteiger partial charge on any atom is 0.419 e. The number of nitrogens with one attached hydrogen (secondary N) is 2. The minimum absolute atomic E-state index is 0. The molecule has 1 amide bonds. The van der Waals surface area contributed by atoms with Crippen molar-refractivity contribution in [3.63, 3.8) is 0 Å². The number of halogens is 1. The molecule has 1 aromatic heterocycles. The monoisotopic (exact) mass is 315 g/mol. The van der Waals surface area contributed by atoms with Gasteiger partial charge in [0.25, 0.3) is 0 Å². The average Bonchev–Trinajstić information content (AvgIpc) is 2.99. The number of benzene rings is 1. The van der Waals surface area contributed by atoms with Crippen molar-refractivity contribution in [3.8, 4) is 0 Å². The Bertz CT molecular complexity index is 691. The average molecular weight is 316 g/mol. The minimum Gasteiger partial charge on any atom is -0.408 e. The Hall–Kier alpha value is -1.44. The zero-order valence-corrected chi connectivity index (χ0v) is 12.3. The molecule has 1 fully saturated rings. The summed E-state index contributed by atoms with van der Waals surface area (Å²) in [4.78, 5) is 23.3. The maximum absolute atomic E-state index is 11.9. The largest absolute Gasteiger partial charge is 0.419 e. The van der Waals surface area contributed by atoms with Crippen molar-refractivity contribution in [2.24, 2.45) is 7.05 Å². The highest BCUT2D eigenvalue weighted by Gasteiger charge is 2.22. The summed E-state index contributed by atoms with van der Waals surface area (Å²) in [5.41, 5.74) is 1.81. The SMILES string of the molecule is Cl.Cn1c(=O)oc2cc(NC(=O)C3CSCN3)ccc21. The lowest BCUT2D eigenvalue weighted by atomic mass is 10.2. The third kappa shape index (κ3) is 2.70. The van der Waals surface area contributed by atoms with Gasteiger partial charge in [-0.1, -0.05) is 0 Å². The Morgan fingerprint density at radius 3 is 3.05 bits per heavy atom. The standard InChI is InChI=1S/C12H13N3O3S.ClH/c1-15-9-3-2-7(4-10(9)18-12(15)17)14-11(16)8-5-19-6-13-8;/h2-4,8,13H,5-6H2,1H3,(H,14,16);1H. The summed E-state index contributed by atoms with van der Waals surface area (Å²) in [7, 11) is 1.64. The van der Waals surface area contributed by atoms with Gasteiger partial charge < -0.3 is 9.73 Å². The van der Waals surface area contributed by atoms with Crippen LogP contribution in [0.25, 0.3) is 11.1 Å². The van der Waals surface area contributed by atoms with E-state index >= 15 is 0 Å². The van der Waals surface area contributed by atoms with E-state index in [1.165, 1.54) is 4.57 Å². The first-order valence-corrected chi connectivity index (χ1v) is 7.02. The first kappa shape index (κ1) is 15.0. The van der Waals surface area contributed by atoms with E-state index in [9.17, 15) is 9.59 Å². The molecule has 3 rings (SSSR count). The number of oxazole rings is 1. The van der Waals surface area contributed by atoms with Gasteiger partial charge in [0.05, 0.1) is 11.6 Å². The highest BCUT2D eigenvalue weighted by atomic mass is 35.5. The van der Waals surface area contributed by atoms with Crippen molar-refractivity contribution in [3.05, 3.63) is 28.7 Å². The zero-order valence-electron chi connectivity index (χ0n) is 10.7. The lowest BCUT2D eigenvalue weighted by Crippen LogP contribution is -2.37. The number of aryl methyl sites for hydroxylation is 1. The number of rotatable bonds is 2. The van der Waals surface area contributed by atoms with Gasteiger partial charge in [-0.15, -0.1) is 24.2 Å². The van der Waals surface area contributed by atoms with Gasteiger partial charge in [0, 0.05) is 30.4 Å². The lowest BCUT2D eigenvalue weighted by molar-refractivity contribution is -0.117. The van der Waals surface area contributed by atoms with E-state index in [0.29, 0.717) is 16.8 Å². The van der Waals surface area contributed by atoms with Crippen LogP contribution in [0.2, 0.25) is 0 Å². The molecule has 1 unspecified atom stereocenters. The number of aromatic nitrogens is 1. The summed E-state index contributed by atoms with van der Waals surface area (Å²) in [5, 5.41) is 5.92. The van der Waals surface area contributed by atoms with Gasteiger partial charge in [-0.2, -0.15) is 0 Å². The summed E-state index contributed by atoms with van der Waals surface area (Å²) in [6.45, 7) is 0. The van der Waals surface area contributed by atoms with E-state index in [2.05, 4.69) is 10.6 Å². The molecule has 108 valence electrons. The van der Waals surface area contributed by atoms with Crippen LogP contribution in [0.5, 0.6) is 0 Å². The van der Waals surface area contributed by atoms with Gasteiger partial charge in [0.15, 0.2) is 5.58 Å². The van der Waals surface area contributed by atoms with E-state index in [1.807, 2.05) is 0 Å². The molecule has 2 aromatic rings. The minimum atomic E-state index is -0.410. The van der Waals surface area contributed by atoms with Gasteiger partial charge >= 0.3 is 5.76 Å². The van der Waals surface area contributed by atoms with Crippen LogP contribution < -0.4 is 16.4 Å². The zero-order chi connectivity index (χ0) is 13.4. The van der Waals surface area contributed by atoms with Crippen LogP contribution in [0.15, 0.2) is 27.4 Å². The van der Waals surface area contributed by atoms with Gasteiger partial charge in [-0.3, -0.25) is 14.7 Å². The number of carbonyl (C=O) groups excluding carboxylic acids is 1. The van der Waals surface area contributed by atoms with Crippen molar-refractivity contribution in [2.45, 2.75) is 6.04 Å². The molecular weight excluding hydrogens is 302 g/mol. The van der Waals surface area contributed by atoms with E-state index in [4.69, 9.17) is 4.42 Å². The molecule has 0 aliphatic carbocycles. The predicted octanol–water partition coefficient (Wildman–Crippen LogP) is 1.15. The van der Waals surface area contributed by atoms with Crippen molar-refractivity contribution < 1.29 is 9.21 Å².